The van der Waals surface area contributed by atoms with Crippen LogP contribution in [-0.4, -0.2) is 24.1 Å². The molecule has 1 saturated heterocycles. The van der Waals surface area contributed by atoms with E-state index in [-0.39, 0.29) is 5.69 Å². The van der Waals surface area contributed by atoms with Crippen molar-refractivity contribution in [2.45, 2.75) is 25.3 Å². The molecule has 1 atom stereocenters. The second-order valence-electron chi connectivity index (χ2n) is 4.44. The Morgan fingerprint density at radius 2 is 2.22 bits per heavy atom. The van der Waals surface area contributed by atoms with Crippen molar-refractivity contribution in [1.29, 1.82) is 0 Å². The highest BCUT2D eigenvalue weighted by atomic mass is 35.5. The lowest BCUT2D eigenvalue weighted by molar-refractivity contribution is -0.384. The second kappa shape index (κ2) is 6.02. The number of non-ortho nitro benzene ring substituents is 1. The van der Waals surface area contributed by atoms with E-state index < -0.39 is 4.92 Å². The smallest absolute Gasteiger partial charge is 0.271 e. The number of halogens is 1. The van der Waals surface area contributed by atoms with Crippen LogP contribution in [0.25, 0.3) is 0 Å². The Labute approximate surface area is 111 Å². The Balaban J connectivity index is 2.11. The summed E-state index contributed by atoms with van der Waals surface area (Å²) in [6.45, 7) is 1.99. The molecule has 0 aromatic heterocycles. The summed E-state index contributed by atoms with van der Waals surface area (Å²) < 4.78 is 0. The minimum absolute atomic E-state index is 0.0636. The summed E-state index contributed by atoms with van der Waals surface area (Å²) in [5, 5.41) is 17.9. The number of nitro groups is 1. The Bertz CT molecular complexity index is 431. The maximum atomic E-state index is 10.7. The summed E-state index contributed by atoms with van der Waals surface area (Å²) in [6, 6.07) is 4.80. The van der Waals surface area contributed by atoms with Crippen molar-refractivity contribution < 1.29 is 4.92 Å². The number of nitrogens with one attached hydrogen (secondary N) is 2. The van der Waals surface area contributed by atoms with Gasteiger partial charge in [-0.15, -0.1) is 0 Å². The zero-order chi connectivity index (χ0) is 13.0. The highest BCUT2D eigenvalue weighted by Gasteiger charge is 2.15. The minimum Gasteiger partial charge on any atom is -0.381 e. The second-order valence-corrected chi connectivity index (χ2v) is 4.85. The van der Waals surface area contributed by atoms with Crippen LogP contribution >= 0.6 is 11.6 Å². The highest BCUT2D eigenvalue weighted by Crippen LogP contribution is 2.28. The van der Waals surface area contributed by atoms with Crippen molar-refractivity contribution >= 4 is 23.0 Å². The van der Waals surface area contributed by atoms with Gasteiger partial charge in [-0.25, -0.2) is 0 Å². The molecule has 1 aromatic carbocycles. The molecule has 5 nitrogen and oxygen atoms in total. The molecule has 1 aliphatic rings. The van der Waals surface area contributed by atoms with Crippen LogP contribution < -0.4 is 10.6 Å². The summed E-state index contributed by atoms with van der Waals surface area (Å²) in [4.78, 5) is 10.3. The third-order valence-electron chi connectivity index (χ3n) is 3.10. The van der Waals surface area contributed by atoms with E-state index in [0.717, 1.165) is 32.4 Å². The SMILES string of the molecule is O=[N+]([O-])c1ccc(Cl)c(NC2CCCNCC2)c1. The zero-order valence-electron chi connectivity index (χ0n) is 9.99. The fraction of sp³-hybridized carbons (Fsp3) is 0.500. The van der Waals surface area contributed by atoms with E-state index in [2.05, 4.69) is 10.6 Å². The largest absolute Gasteiger partial charge is 0.381 e. The van der Waals surface area contributed by atoms with Gasteiger partial charge in [0.1, 0.15) is 0 Å². The van der Waals surface area contributed by atoms with Gasteiger partial charge in [0.25, 0.3) is 5.69 Å². The van der Waals surface area contributed by atoms with Crippen molar-refractivity contribution in [2.75, 3.05) is 18.4 Å². The maximum Gasteiger partial charge on any atom is 0.271 e. The third-order valence-corrected chi connectivity index (χ3v) is 3.43. The van der Waals surface area contributed by atoms with Crippen molar-refractivity contribution in [2.24, 2.45) is 0 Å². The van der Waals surface area contributed by atoms with Crippen LogP contribution in [0.2, 0.25) is 5.02 Å². The molecule has 1 fully saturated rings. The molecule has 0 spiro atoms. The van der Waals surface area contributed by atoms with Gasteiger partial charge in [0.05, 0.1) is 15.6 Å². The van der Waals surface area contributed by atoms with Crippen LogP contribution in [0.3, 0.4) is 0 Å². The Morgan fingerprint density at radius 3 is 3.00 bits per heavy atom. The monoisotopic (exact) mass is 269 g/mol. The molecule has 1 aliphatic heterocycles. The van der Waals surface area contributed by atoms with Gasteiger partial charge < -0.3 is 10.6 Å². The number of rotatable bonds is 3. The molecule has 18 heavy (non-hydrogen) atoms. The van der Waals surface area contributed by atoms with Gasteiger partial charge in [-0.2, -0.15) is 0 Å². The molecule has 98 valence electrons. The van der Waals surface area contributed by atoms with E-state index in [1.54, 1.807) is 6.07 Å². The summed E-state index contributed by atoms with van der Waals surface area (Å²) in [5.41, 5.74) is 0.714. The number of hydrogen-bond acceptors (Lipinski definition) is 4. The molecule has 2 rings (SSSR count). The standard InChI is InChI=1S/C12H16ClN3O2/c13-11-4-3-10(16(17)18)8-12(11)15-9-2-1-6-14-7-5-9/h3-4,8-9,14-15H,1-2,5-7H2. The first-order valence-corrected chi connectivity index (χ1v) is 6.46. The minimum atomic E-state index is -0.407. The van der Waals surface area contributed by atoms with Gasteiger partial charge in [0.2, 0.25) is 0 Å². The molecule has 0 radical (unpaired) electrons. The number of nitro benzene ring substituents is 1. The van der Waals surface area contributed by atoms with Crippen LogP contribution in [0, 0.1) is 10.1 Å². The highest BCUT2D eigenvalue weighted by molar-refractivity contribution is 6.33. The molecule has 6 heteroatoms. The van der Waals surface area contributed by atoms with Crippen molar-refractivity contribution in [3.05, 3.63) is 33.3 Å². The van der Waals surface area contributed by atoms with Crippen LogP contribution in [0.4, 0.5) is 11.4 Å². The number of nitrogens with zero attached hydrogens (tertiary/aromatic N) is 1. The first-order chi connectivity index (χ1) is 8.66. The van der Waals surface area contributed by atoms with Crippen LogP contribution in [-0.2, 0) is 0 Å². The Kier molecular flexibility index (Phi) is 4.38. The van der Waals surface area contributed by atoms with Crippen molar-refractivity contribution in [3.8, 4) is 0 Å². The summed E-state index contributed by atoms with van der Waals surface area (Å²) in [5.74, 6) is 0. The first-order valence-electron chi connectivity index (χ1n) is 6.08. The quantitative estimate of drug-likeness (QED) is 0.654. The lowest BCUT2D eigenvalue weighted by Crippen LogP contribution is -2.21. The Hall–Kier alpha value is -1.33. The van der Waals surface area contributed by atoms with E-state index >= 15 is 0 Å². The van der Waals surface area contributed by atoms with Gasteiger partial charge in [0, 0.05) is 18.2 Å². The maximum absolute atomic E-state index is 10.7. The van der Waals surface area contributed by atoms with Crippen molar-refractivity contribution in [3.63, 3.8) is 0 Å². The van der Waals surface area contributed by atoms with Gasteiger partial charge in [0.15, 0.2) is 0 Å². The molecule has 2 N–H and O–H groups in total. The predicted molar refractivity (Wildman–Crippen MR) is 72.2 cm³/mol. The number of benzene rings is 1. The summed E-state index contributed by atoms with van der Waals surface area (Å²) in [6.07, 6.45) is 3.15. The van der Waals surface area contributed by atoms with Gasteiger partial charge in [-0.3, -0.25) is 10.1 Å². The molecule has 0 aliphatic carbocycles. The van der Waals surface area contributed by atoms with Gasteiger partial charge >= 0.3 is 0 Å². The van der Waals surface area contributed by atoms with Crippen LogP contribution in [0.1, 0.15) is 19.3 Å². The number of hydrogen-bond donors (Lipinski definition) is 2. The third kappa shape index (κ3) is 3.34. The molecule has 0 bridgehead atoms. The summed E-state index contributed by atoms with van der Waals surface area (Å²) >= 11 is 6.06. The van der Waals surface area contributed by atoms with E-state index in [4.69, 9.17) is 11.6 Å². The lowest BCUT2D eigenvalue weighted by Gasteiger charge is -2.18. The average Bonchev–Trinajstić information content (AvgIpc) is 2.60. The fourth-order valence-electron chi connectivity index (χ4n) is 2.12. The van der Waals surface area contributed by atoms with E-state index in [0.29, 0.717) is 16.8 Å². The van der Waals surface area contributed by atoms with Crippen LogP contribution in [0.15, 0.2) is 18.2 Å². The molecular formula is C12H16ClN3O2. The van der Waals surface area contributed by atoms with Gasteiger partial charge in [-0.1, -0.05) is 11.6 Å². The van der Waals surface area contributed by atoms with Gasteiger partial charge in [-0.05, 0) is 38.4 Å². The number of anilines is 1. The van der Waals surface area contributed by atoms with E-state index in [9.17, 15) is 10.1 Å². The topological polar surface area (TPSA) is 67.2 Å². The fourth-order valence-corrected chi connectivity index (χ4v) is 2.29. The molecule has 1 heterocycles. The molecule has 1 unspecified atom stereocenters. The molecule has 0 saturated carbocycles. The molecular weight excluding hydrogens is 254 g/mol. The first kappa shape index (κ1) is 13.1. The molecule has 1 aromatic rings. The predicted octanol–water partition coefficient (Wildman–Crippen LogP) is 2.80. The zero-order valence-corrected chi connectivity index (χ0v) is 10.7. The lowest BCUT2D eigenvalue weighted by atomic mass is 10.1. The van der Waals surface area contributed by atoms with E-state index in [1.165, 1.54) is 12.1 Å². The summed E-state index contributed by atoms with van der Waals surface area (Å²) in [7, 11) is 0. The average molecular weight is 270 g/mol. The van der Waals surface area contributed by atoms with E-state index in [1.807, 2.05) is 0 Å². The Morgan fingerprint density at radius 1 is 1.39 bits per heavy atom. The van der Waals surface area contributed by atoms with Crippen molar-refractivity contribution in [1.82, 2.24) is 5.32 Å². The van der Waals surface area contributed by atoms with Crippen LogP contribution in [0.5, 0.6) is 0 Å². The normalized spacial score (nSPS) is 20.2. The molecule has 0 amide bonds.